The smallest absolute Gasteiger partial charge is 0.256 e. The summed E-state index contributed by atoms with van der Waals surface area (Å²) >= 11 is 10.6. The fraction of sp³-hybridized carbons (Fsp3) is 0.0476. The molecule has 0 bridgehead atoms. The van der Waals surface area contributed by atoms with Crippen LogP contribution in [0.2, 0.25) is 0 Å². The van der Waals surface area contributed by atoms with Gasteiger partial charge in [-0.2, -0.15) is 0 Å². The average molecular weight is 580 g/mol. The van der Waals surface area contributed by atoms with Crippen molar-refractivity contribution in [3.05, 3.63) is 76.6 Å². The summed E-state index contributed by atoms with van der Waals surface area (Å²) in [5, 5.41) is 3.79. The molecule has 0 unspecified atom stereocenters. The number of nitrogens with one attached hydrogen (secondary N) is 1. The van der Waals surface area contributed by atoms with E-state index in [9.17, 15) is 9.18 Å². The van der Waals surface area contributed by atoms with Crippen molar-refractivity contribution in [2.75, 3.05) is 5.32 Å². The number of pyridine rings is 1. The van der Waals surface area contributed by atoms with E-state index in [4.69, 9.17) is 0 Å². The molecule has 29 heavy (non-hydrogen) atoms. The van der Waals surface area contributed by atoms with Crippen molar-refractivity contribution in [1.29, 1.82) is 0 Å². The van der Waals surface area contributed by atoms with Gasteiger partial charge >= 0.3 is 0 Å². The number of amides is 1. The van der Waals surface area contributed by atoms with Gasteiger partial charge in [0.1, 0.15) is 11.5 Å². The molecule has 0 radical (unpaired) electrons. The molecule has 0 saturated heterocycles. The lowest BCUT2D eigenvalue weighted by molar-refractivity contribution is -0.115. The zero-order valence-corrected chi connectivity index (χ0v) is 19.3. The number of carbonyl (C=O) groups excluding carboxylic acids is 1. The average Bonchev–Trinajstić information content (AvgIpc) is 3.13. The van der Waals surface area contributed by atoms with Gasteiger partial charge in [0.15, 0.2) is 3.23 Å². The van der Waals surface area contributed by atoms with Gasteiger partial charge in [0, 0.05) is 28.5 Å². The zero-order chi connectivity index (χ0) is 20.3. The minimum atomic E-state index is -0.991. The molecule has 1 N–H and O–H groups in total. The van der Waals surface area contributed by atoms with Gasteiger partial charge in [0.2, 0.25) is 0 Å². The SMILES string of the molecule is O=C1Nc2ccc(-n3c(-c4ccc(F)cc4)c(Br)c4cccnc43)cc2C1(Br)Br. The van der Waals surface area contributed by atoms with Crippen LogP contribution in [0.3, 0.4) is 0 Å². The summed E-state index contributed by atoms with van der Waals surface area (Å²) in [4.78, 5) is 16.9. The maximum absolute atomic E-state index is 13.5. The first-order chi connectivity index (χ1) is 13.9. The van der Waals surface area contributed by atoms with Crippen LogP contribution in [0.5, 0.6) is 0 Å². The number of rotatable bonds is 2. The zero-order valence-electron chi connectivity index (χ0n) is 14.6. The monoisotopic (exact) mass is 577 g/mol. The fourth-order valence-corrected chi connectivity index (χ4v) is 5.13. The third-order valence-corrected chi connectivity index (χ3v) is 7.29. The number of hydrogen-bond donors (Lipinski definition) is 1. The molecular weight excluding hydrogens is 569 g/mol. The minimum Gasteiger partial charge on any atom is -0.323 e. The maximum atomic E-state index is 13.5. The second-order valence-corrected chi connectivity index (χ2v) is 10.9. The lowest BCUT2D eigenvalue weighted by atomic mass is 10.1. The molecule has 0 atom stereocenters. The molecule has 1 aliphatic rings. The van der Waals surface area contributed by atoms with Crippen LogP contribution in [-0.4, -0.2) is 15.5 Å². The van der Waals surface area contributed by atoms with E-state index in [1.54, 1.807) is 18.3 Å². The Morgan fingerprint density at radius 1 is 1.07 bits per heavy atom. The highest BCUT2D eigenvalue weighted by Gasteiger charge is 2.42. The van der Waals surface area contributed by atoms with Gasteiger partial charge in [-0.05, 0) is 76.1 Å². The second kappa shape index (κ2) is 6.75. The molecule has 144 valence electrons. The first-order valence-electron chi connectivity index (χ1n) is 8.63. The van der Waals surface area contributed by atoms with Crippen molar-refractivity contribution >= 4 is 70.4 Å². The van der Waals surface area contributed by atoms with E-state index in [1.165, 1.54) is 12.1 Å². The van der Waals surface area contributed by atoms with Crippen LogP contribution >= 0.6 is 47.8 Å². The maximum Gasteiger partial charge on any atom is 0.256 e. The largest absolute Gasteiger partial charge is 0.323 e. The Morgan fingerprint density at radius 2 is 1.83 bits per heavy atom. The lowest BCUT2D eigenvalue weighted by Crippen LogP contribution is -2.20. The molecule has 4 aromatic rings. The number of anilines is 1. The first kappa shape index (κ1) is 19.0. The number of aromatic nitrogens is 2. The van der Waals surface area contributed by atoms with Crippen LogP contribution in [0.15, 0.2) is 65.3 Å². The molecule has 4 nitrogen and oxygen atoms in total. The van der Waals surface area contributed by atoms with Gasteiger partial charge in [0.05, 0.1) is 10.2 Å². The van der Waals surface area contributed by atoms with Gasteiger partial charge in [-0.25, -0.2) is 9.37 Å². The van der Waals surface area contributed by atoms with E-state index in [0.29, 0.717) is 0 Å². The van der Waals surface area contributed by atoms with E-state index in [1.807, 2.05) is 34.9 Å². The summed E-state index contributed by atoms with van der Waals surface area (Å²) in [7, 11) is 0. The number of hydrogen-bond acceptors (Lipinski definition) is 2. The summed E-state index contributed by atoms with van der Waals surface area (Å²) in [6, 6.07) is 15.9. The third kappa shape index (κ3) is 2.88. The Kier molecular flexibility index (Phi) is 4.42. The Labute approximate surface area is 190 Å². The summed E-state index contributed by atoms with van der Waals surface area (Å²) in [6.07, 6.45) is 1.73. The van der Waals surface area contributed by atoms with E-state index in [-0.39, 0.29) is 11.7 Å². The van der Waals surface area contributed by atoms with Gasteiger partial charge in [-0.1, -0.05) is 31.9 Å². The van der Waals surface area contributed by atoms with Crippen molar-refractivity contribution in [2.24, 2.45) is 0 Å². The van der Waals surface area contributed by atoms with Gasteiger partial charge < -0.3 is 5.32 Å². The molecule has 8 heteroatoms. The highest BCUT2D eigenvalue weighted by atomic mass is 79.9. The molecule has 3 heterocycles. The Bertz CT molecular complexity index is 1300. The number of halogens is 4. The van der Waals surface area contributed by atoms with Crippen molar-refractivity contribution in [3.63, 3.8) is 0 Å². The second-order valence-electron chi connectivity index (χ2n) is 6.64. The molecule has 2 aromatic heterocycles. The number of alkyl halides is 2. The fourth-order valence-electron chi connectivity index (χ4n) is 3.56. The topological polar surface area (TPSA) is 46.9 Å². The Hall–Kier alpha value is -2.03. The van der Waals surface area contributed by atoms with Crippen molar-refractivity contribution in [1.82, 2.24) is 9.55 Å². The molecule has 0 fully saturated rings. The van der Waals surface area contributed by atoms with Crippen LogP contribution in [0.4, 0.5) is 10.1 Å². The van der Waals surface area contributed by atoms with E-state index >= 15 is 0 Å². The third-order valence-electron chi connectivity index (χ3n) is 4.92. The van der Waals surface area contributed by atoms with Crippen molar-refractivity contribution < 1.29 is 9.18 Å². The van der Waals surface area contributed by atoms with Gasteiger partial charge in [0.25, 0.3) is 5.91 Å². The number of nitrogens with zero attached hydrogens (tertiary/aromatic N) is 2. The van der Waals surface area contributed by atoms with Crippen molar-refractivity contribution in [2.45, 2.75) is 3.23 Å². The molecular formula is C21H11Br3FN3O. The highest BCUT2D eigenvalue weighted by molar-refractivity contribution is 9.25. The lowest BCUT2D eigenvalue weighted by Gasteiger charge is -2.15. The Morgan fingerprint density at radius 3 is 2.59 bits per heavy atom. The van der Waals surface area contributed by atoms with Crippen molar-refractivity contribution in [3.8, 4) is 16.9 Å². The van der Waals surface area contributed by atoms with Crippen LogP contribution in [-0.2, 0) is 8.03 Å². The number of carbonyl (C=O) groups is 1. The number of benzene rings is 2. The highest BCUT2D eigenvalue weighted by Crippen LogP contribution is 2.49. The van der Waals surface area contributed by atoms with Crippen LogP contribution in [0.1, 0.15) is 5.56 Å². The van der Waals surface area contributed by atoms with E-state index in [2.05, 4.69) is 58.1 Å². The molecule has 5 rings (SSSR count). The number of fused-ring (bicyclic) bond motifs is 2. The Balaban J connectivity index is 1.82. The molecule has 0 aliphatic carbocycles. The molecule has 1 amide bonds. The summed E-state index contributed by atoms with van der Waals surface area (Å²) in [6.45, 7) is 0. The minimum absolute atomic E-state index is 0.180. The summed E-state index contributed by atoms with van der Waals surface area (Å²) < 4.78 is 15.4. The molecule has 0 spiro atoms. The predicted molar refractivity (Wildman–Crippen MR) is 122 cm³/mol. The molecule has 2 aromatic carbocycles. The summed E-state index contributed by atoms with van der Waals surface area (Å²) in [5.74, 6) is -0.476. The standard InChI is InChI=1S/C21H11Br3FN3O/c22-17-14-2-1-9-26-19(14)28(18(17)11-3-5-12(25)6-4-11)13-7-8-16-15(10-13)21(23,24)20(29)27-16/h1-10H,(H,27,29). The van der Waals surface area contributed by atoms with Crippen LogP contribution in [0.25, 0.3) is 28.0 Å². The normalized spacial score (nSPS) is 14.8. The van der Waals surface area contributed by atoms with E-state index in [0.717, 1.165) is 43.7 Å². The molecule has 1 aliphatic heterocycles. The van der Waals surface area contributed by atoms with Crippen LogP contribution in [0, 0.1) is 5.82 Å². The quantitative estimate of drug-likeness (QED) is 0.276. The van der Waals surface area contributed by atoms with Crippen LogP contribution < -0.4 is 5.32 Å². The summed E-state index contributed by atoms with van der Waals surface area (Å²) in [5.41, 5.74) is 4.79. The predicted octanol–water partition coefficient (Wildman–Crippen LogP) is 6.49. The van der Waals surface area contributed by atoms with E-state index < -0.39 is 3.23 Å². The van der Waals surface area contributed by atoms with Gasteiger partial charge in [-0.15, -0.1) is 0 Å². The first-order valence-corrected chi connectivity index (χ1v) is 11.0. The molecule has 0 saturated carbocycles. The van der Waals surface area contributed by atoms with Gasteiger partial charge in [-0.3, -0.25) is 9.36 Å².